The lowest BCUT2D eigenvalue weighted by Crippen LogP contribution is -2.26. The predicted octanol–water partition coefficient (Wildman–Crippen LogP) is 1.52. The molecule has 1 saturated carbocycles. The van der Waals surface area contributed by atoms with Gasteiger partial charge in [-0.2, -0.15) is 0 Å². The van der Waals surface area contributed by atoms with Crippen LogP contribution in [0, 0.1) is 11.8 Å². The second-order valence-electron chi connectivity index (χ2n) is 3.15. The minimum Gasteiger partial charge on any atom is -0.498 e. The standard InChI is InChI=1S/C9H12O2/c1-2-11-8-5-6-3-4-7(10)9(6)8/h5-6,9H,2-4H2,1H3/t6-,9+/m0/s1. The van der Waals surface area contributed by atoms with Crippen molar-refractivity contribution >= 4 is 5.78 Å². The molecule has 2 atom stereocenters. The molecule has 2 nitrogen and oxygen atoms in total. The maximum atomic E-state index is 11.2. The van der Waals surface area contributed by atoms with Crippen molar-refractivity contribution in [3.8, 4) is 0 Å². The Balaban J connectivity index is 2.06. The van der Waals surface area contributed by atoms with Crippen LogP contribution in [0.25, 0.3) is 0 Å². The molecule has 0 amide bonds. The van der Waals surface area contributed by atoms with E-state index < -0.39 is 0 Å². The Hall–Kier alpha value is -0.790. The number of hydrogen-bond donors (Lipinski definition) is 0. The summed E-state index contributed by atoms with van der Waals surface area (Å²) in [4.78, 5) is 11.2. The van der Waals surface area contributed by atoms with E-state index >= 15 is 0 Å². The first kappa shape index (κ1) is 6.89. The van der Waals surface area contributed by atoms with Crippen LogP contribution in [0.1, 0.15) is 19.8 Å². The number of rotatable bonds is 2. The van der Waals surface area contributed by atoms with Gasteiger partial charge in [0, 0.05) is 6.42 Å². The third kappa shape index (κ3) is 0.889. The lowest BCUT2D eigenvalue weighted by atomic mass is 9.83. The van der Waals surface area contributed by atoms with Gasteiger partial charge in [-0.25, -0.2) is 0 Å². The normalized spacial score (nSPS) is 34.3. The zero-order valence-corrected chi connectivity index (χ0v) is 6.67. The number of fused-ring (bicyclic) bond motifs is 1. The zero-order valence-electron chi connectivity index (χ0n) is 6.67. The van der Waals surface area contributed by atoms with Crippen LogP contribution >= 0.6 is 0 Å². The van der Waals surface area contributed by atoms with E-state index in [0.717, 1.165) is 18.6 Å². The van der Waals surface area contributed by atoms with E-state index in [1.54, 1.807) is 0 Å². The third-order valence-electron chi connectivity index (χ3n) is 2.49. The molecule has 11 heavy (non-hydrogen) atoms. The van der Waals surface area contributed by atoms with Crippen LogP contribution in [0.15, 0.2) is 11.8 Å². The van der Waals surface area contributed by atoms with Gasteiger partial charge in [-0.3, -0.25) is 4.79 Å². The van der Waals surface area contributed by atoms with E-state index in [9.17, 15) is 4.79 Å². The maximum absolute atomic E-state index is 11.2. The molecule has 0 bridgehead atoms. The van der Waals surface area contributed by atoms with Gasteiger partial charge in [0.2, 0.25) is 0 Å². The average molecular weight is 152 g/mol. The summed E-state index contributed by atoms with van der Waals surface area (Å²) < 4.78 is 5.30. The van der Waals surface area contributed by atoms with Crippen molar-refractivity contribution in [2.24, 2.45) is 11.8 Å². The Labute approximate surface area is 66.2 Å². The van der Waals surface area contributed by atoms with Crippen molar-refractivity contribution in [3.05, 3.63) is 11.8 Å². The third-order valence-corrected chi connectivity index (χ3v) is 2.49. The van der Waals surface area contributed by atoms with Gasteiger partial charge in [-0.05, 0) is 25.3 Å². The van der Waals surface area contributed by atoms with E-state index in [2.05, 4.69) is 6.08 Å². The number of Topliss-reactive ketones (excluding diaryl/α,β-unsaturated/α-hetero) is 1. The smallest absolute Gasteiger partial charge is 0.144 e. The largest absolute Gasteiger partial charge is 0.498 e. The number of allylic oxidation sites excluding steroid dienone is 2. The van der Waals surface area contributed by atoms with Gasteiger partial charge < -0.3 is 4.74 Å². The highest BCUT2D eigenvalue weighted by molar-refractivity contribution is 5.87. The lowest BCUT2D eigenvalue weighted by molar-refractivity contribution is -0.121. The molecule has 1 fully saturated rings. The van der Waals surface area contributed by atoms with Crippen LogP contribution in [0.4, 0.5) is 0 Å². The molecule has 0 saturated heterocycles. The summed E-state index contributed by atoms with van der Waals surface area (Å²) in [6, 6.07) is 0. The van der Waals surface area contributed by atoms with Gasteiger partial charge in [0.05, 0.1) is 12.5 Å². The van der Waals surface area contributed by atoms with Crippen molar-refractivity contribution < 1.29 is 9.53 Å². The molecule has 0 aromatic carbocycles. The molecular weight excluding hydrogens is 140 g/mol. The molecule has 0 aromatic rings. The summed E-state index contributed by atoms with van der Waals surface area (Å²) in [6.45, 7) is 2.63. The number of carbonyl (C=O) groups excluding carboxylic acids is 1. The molecule has 0 heterocycles. The van der Waals surface area contributed by atoms with Crippen LogP contribution in [-0.4, -0.2) is 12.4 Å². The second-order valence-corrected chi connectivity index (χ2v) is 3.15. The molecule has 2 aliphatic carbocycles. The van der Waals surface area contributed by atoms with Gasteiger partial charge >= 0.3 is 0 Å². The Bertz CT molecular complexity index is 218. The van der Waals surface area contributed by atoms with Gasteiger partial charge in [0.1, 0.15) is 11.5 Å². The SMILES string of the molecule is CCOC1=C[C@@H]2CCC(=O)[C@H]12. The summed E-state index contributed by atoms with van der Waals surface area (Å²) in [6.07, 6.45) is 3.89. The molecule has 2 rings (SSSR count). The zero-order chi connectivity index (χ0) is 7.84. The van der Waals surface area contributed by atoms with Crippen molar-refractivity contribution in [1.82, 2.24) is 0 Å². The molecule has 2 aliphatic rings. The van der Waals surface area contributed by atoms with Crippen molar-refractivity contribution in [2.45, 2.75) is 19.8 Å². The molecule has 0 unspecified atom stereocenters. The first-order valence-electron chi connectivity index (χ1n) is 4.20. The molecule has 60 valence electrons. The summed E-state index contributed by atoms with van der Waals surface area (Å²) in [5, 5.41) is 0. The van der Waals surface area contributed by atoms with Crippen LogP contribution in [0.2, 0.25) is 0 Å². The average Bonchev–Trinajstić information content (AvgIpc) is 2.20. The first-order chi connectivity index (χ1) is 5.33. The highest BCUT2D eigenvalue weighted by Gasteiger charge is 2.43. The monoisotopic (exact) mass is 152 g/mol. The van der Waals surface area contributed by atoms with E-state index in [-0.39, 0.29) is 5.92 Å². The molecule has 2 heteroatoms. The van der Waals surface area contributed by atoms with Gasteiger partial charge in [-0.15, -0.1) is 0 Å². The molecular formula is C9H12O2. The Kier molecular flexibility index (Phi) is 1.48. The highest BCUT2D eigenvalue weighted by Crippen LogP contribution is 2.43. The van der Waals surface area contributed by atoms with E-state index in [1.165, 1.54) is 0 Å². The molecule has 0 spiro atoms. The molecule has 0 aliphatic heterocycles. The van der Waals surface area contributed by atoms with Crippen LogP contribution in [-0.2, 0) is 9.53 Å². The van der Waals surface area contributed by atoms with E-state index in [1.807, 2.05) is 6.92 Å². The minimum atomic E-state index is 0.148. The van der Waals surface area contributed by atoms with Crippen LogP contribution in [0.5, 0.6) is 0 Å². The number of ketones is 1. The molecule has 0 radical (unpaired) electrons. The van der Waals surface area contributed by atoms with E-state index in [0.29, 0.717) is 18.3 Å². The lowest BCUT2D eigenvalue weighted by Gasteiger charge is -2.28. The maximum Gasteiger partial charge on any atom is 0.144 e. The van der Waals surface area contributed by atoms with Crippen molar-refractivity contribution in [1.29, 1.82) is 0 Å². The fourth-order valence-corrected chi connectivity index (χ4v) is 1.92. The highest BCUT2D eigenvalue weighted by atomic mass is 16.5. The second kappa shape index (κ2) is 2.36. The van der Waals surface area contributed by atoms with Crippen LogP contribution < -0.4 is 0 Å². The van der Waals surface area contributed by atoms with Gasteiger partial charge in [0.25, 0.3) is 0 Å². The topological polar surface area (TPSA) is 26.3 Å². The number of hydrogen-bond acceptors (Lipinski definition) is 2. The number of ether oxygens (including phenoxy) is 1. The van der Waals surface area contributed by atoms with E-state index in [4.69, 9.17) is 4.74 Å². The molecule has 0 N–H and O–H groups in total. The Morgan fingerprint density at radius 3 is 3.18 bits per heavy atom. The predicted molar refractivity (Wildman–Crippen MR) is 40.9 cm³/mol. The summed E-state index contributed by atoms with van der Waals surface area (Å²) >= 11 is 0. The fraction of sp³-hybridized carbons (Fsp3) is 0.667. The quantitative estimate of drug-likeness (QED) is 0.599. The minimum absolute atomic E-state index is 0.148. The van der Waals surface area contributed by atoms with Gasteiger partial charge in [0.15, 0.2) is 0 Å². The first-order valence-corrected chi connectivity index (χ1v) is 4.20. The van der Waals surface area contributed by atoms with Gasteiger partial charge in [-0.1, -0.05) is 0 Å². The van der Waals surface area contributed by atoms with Crippen molar-refractivity contribution in [2.75, 3.05) is 6.61 Å². The Morgan fingerprint density at radius 2 is 2.55 bits per heavy atom. The fourth-order valence-electron chi connectivity index (χ4n) is 1.92. The summed E-state index contributed by atoms with van der Waals surface area (Å²) in [5.74, 6) is 1.97. The van der Waals surface area contributed by atoms with Crippen LogP contribution in [0.3, 0.4) is 0 Å². The number of carbonyl (C=O) groups is 1. The summed E-state index contributed by atoms with van der Waals surface area (Å²) in [5.41, 5.74) is 0. The summed E-state index contributed by atoms with van der Waals surface area (Å²) in [7, 11) is 0. The van der Waals surface area contributed by atoms with Crippen molar-refractivity contribution in [3.63, 3.8) is 0 Å². The molecule has 0 aromatic heterocycles. The Morgan fingerprint density at radius 1 is 1.73 bits per heavy atom.